The van der Waals surface area contributed by atoms with Crippen LogP contribution in [-0.2, 0) is 9.59 Å². The molecule has 0 aromatic heterocycles. The second-order valence-electron chi connectivity index (χ2n) is 7.60. The molecule has 0 spiro atoms. The molecule has 0 aliphatic carbocycles. The standard InChI is InChI=1S/C23H28N2O3/c1-17-9-12-20(13-10-17)24-23(28)22(19-7-3-2-4-8-19)25-15-5-6-18(16-25)11-14-21(26)27/h2-4,7-10,12-13,18,22H,5-6,11,14-16H2,1H3,(H,24,28)(H,26,27). The molecule has 1 fully saturated rings. The summed E-state index contributed by atoms with van der Waals surface area (Å²) in [6, 6.07) is 17.2. The SMILES string of the molecule is Cc1ccc(NC(=O)C(c2ccccc2)N2CCCC(CCC(=O)O)C2)cc1. The van der Waals surface area contributed by atoms with Gasteiger partial charge in [0.05, 0.1) is 0 Å². The zero-order valence-corrected chi connectivity index (χ0v) is 16.3. The van der Waals surface area contributed by atoms with Crippen LogP contribution in [0.25, 0.3) is 0 Å². The minimum Gasteiger partial charge on any atom is -0.481 e. The number of nitrogens with one attached hydrogen (secondary N) is 1. The van der Waals surface area contributed by atoms with Gasteiger partial charge in [-0.3, -0.25) is 14.5 Å². The Kier molecular flexibility index (Phi) is 6.82. The van der Waals surface area contributed by atoms with Crippen molar-refractivity contribution in [3.63, 3.8) is 0 Å². The van der Waals surface area contributed by atoms with Crippen molar-refractivity contribution in [3.05, 3.63) is 65.7 Å². The van der Waals surface area contributed by atoms with Crippen molar-refractivity contribution in [2.75, 3.05) is 18.4 Å². The van der Waals surface area contributed by atoms with Crippen LogP contribution in [0, 0.1) is 12.8 Å². The normalized spacial score (nSPS) is 18.4. The molecule has 2 aromatic carbocycles. The number of piperidine rings is 1. The number of carbonyl (C=O) groups excluding carboxylic acids is 1. The summed E-state index contributed by atoms with van der Waals surface area (Å²) >= 11 is 0. The Hall–Kier alpha value is -2.66. The van der Waals surface area contributed by atoms with Crippen LogP contribution in [0.5, 0.6) is 0 Å². The summed E-state index contributed by atoms with van der Waals surface area (Å²) in [6.45, 7) is 3.60. The number of anilines is 1. The van der Waals surface area contributed by atoms with Gasteiger partial charge in [-0.1, -0.05) is 48.0 Å². The summed E-state index contributed by atoms with van der Waals surface area (Å²) < 4.78 is 0. The molecule has 0 radical (unpaired) electrons. The van der Waals surface area contributed by atoms with E-state index in [0.717, 1.165) is 42.7 Å². The lowest BCUT2D eigenvalue weighted by molar-refractivity contribution is -0.137. The number of carboxylic acids is 1. The molecule has 0 saturated carbocycles. The van der Waals surface area contributed by atoms with Crippen LogP contribution in [0.4, 0.5) is 5.69 Å². The van der Waals surface area contributed by atoms with Gasteiger partial charge in [-0.2, -0.15) is 0 Å². The van der Waals surface area contributed by atoms with E-state index < -0.39 is 5.97 Å². The Balaban J connectivity index is 1.77. The van der Waals surface area contributed by atoms with E-state index in [-0.39, 0.29) is 18.4 Å². The molecule has 2 unspecified atom stereocenters. The number of benzene rings is 2. The third kappa shape index (κ3) is 5.42. The Morgan fingerprint density at radius 1 is 1.14 bits per heavy atom. The Bertz CT molecular complexity index is 789. The number of hydrogen-bond donors (Lipinski definition) is 2. The van der Waals surface area contributed by atoms with E-state index in [4.69, 9.17) is 5.11 Å². The highest BCUT2D eigenvalue weighted by molar-refractivity contribution is 5.95. The molecule has 1 aliphatic rings. The maximum atomic E-state index is 13.2. The fraction of sp³-hybridized carbons (Fsp3) is 0.391. The average Bonchev–Trinajstić information content (AvgIpc) is 2.69. The van der Waals surface area contributed by atoms with Gasteiger partial charge in [0.1, 0.15) is 6.04 Å². The molecule has 148 valence electrons. The molecule has 1 aliphatic heterocycles. The second kappa shape index (κ2) is 9.51. The van der Waals surface area contributed by atoms with Gasteiger partial charge >= 0.3 is 5.97 Å². The first-order chi connectivity index (χ1) is 13.5. The molecular formula is C23H28N2O3. The molecule has 1 heterocycles. The minimum absolute atomic E-state index is 0.0473. The van der Waals surface area contributed by atoms with Gasteiger partial charge in [0.15, 0.2) is 0 Å². The lowest BCUT2D eigenvalue weighted by Crippen LogP contribution is -2.43. The summed E-state index contributed by atoms with van der Waals surface area (Å²) in [6.07, 6.45) is 2.84. The number of amides is 1. The smallest absolute Gasteiger partial charge is 0.303 e. The van der Waals surface area contributed by atoms with Crippen molar-refractivity contribution in [3.8, 4) is 0 Å². The van der Waals surface area contributed by atoms with E-state index >= 15 is 0 Å². The van der Waals surface area contributed by atoms with Gasteiger partial charge in [0.2, 0.25) is 5.91 Å². The van der Waals surface area contributed by atoms with Crippen molar-refractivity contribution in [1.82, 2.24) is 4.90 Å². The van der Waals surface area contributed by atoms with E-state index in [1.807, 2.05) is 61.5 Å². The van der Waals surface area contributed by atoms with Crippen LogP contribution in [0.15, 0.2) is 54.6 Å². The fourth-order valence-electron chi connectivity index (χ4n) is 3.91. The highest BCUT2D eigenvalue weighted by Crippen LogP contribution is 2.30. The zero-order chi connectivity index (χ0) is 19.9. The predicted molar refractivity (Wildman–Crippen MR) is 110 cm³/mol. The number of carbonyl (C=O) groups is 2. The first-order valence-corrected chi connectivity index (χ1v) is 9.91. The number of aliphatic carboxylic acids is 1. The highest BCUT2D eigenvalue weighted by Gasteiger charge is 2.31. The first kappa shape index (κ1) is 20.1. The molecule has 1 saturated heterocycles. The first-order valence-electron chi connectivity index (χ1n) is 9.91. The van der Waals surface area contributed by atoms with E-state index in [0.29, 0.717) is 12.3 Å². The van der Waals surface area contributed by atoms with E-state index in [1.165, 1.54) is 0 Å². The van der Waals surface area contributed by atoms with Crippen LogP contribution >= 0.6 is 0 Å². The summed E-state index contributed by atoms with van der Waals surface area (Å²) in [7, 11) is 0. The lowest BCUT2D eigenvalue weighted by Gasteiger charge is -2.37. The average molecular weight is 380 g/mol. The molecule has 2 atom stereocenters. The van der Waals surface area contributed by atoms with Crippen LogP contribution in [0.1, 0.15) is 42.9 Å². The van der Waals surface area contributed by atoms with Crippen molar-refractivity contribution < 1.29 is 14.7 Å². The predicted octanol–water partition coefficient (Wildman–Crippen LogP) is 4.25. The highest BCUT2D eigenvalue weighted by atomic mass is 16.4. The number of likely N-dealkylation sites (tertiary alicyclic amines) is 1. The molecule has 5 heteroatoms. The van der Waals surface area contributed by atoms with Crippen molar-refractivity contribution >= 4 is 17.6 Å². The van der Waals surface area contributed by atoms with Crippen LogP contribution in [0.2, 0.25) is 0 Å². The molecular weight excluding hydrogens is 352 g/mol. The monoisotopic (exact) mass is 380 g/mol. The molecule has 5 nitrogen and oxygen atoms in total. The number of carboxylic acid groups (broad SMARTS) is 1. The minimum atomic E-state index is -0.756. The molecule has 2 N–H and O–H groups in total. The van der Waals surface area contributed by atoms with E-state index in [9.17, 15) is 9.59 Å². The van der Waals surface area contributed by atoms with E-state index in [2.05, 4.69) is 10.2 Å². The number of rotatable bonds is 7. The maximum Gasteiger partial charge on any atom is 0.303 e. The molecule has 3 rings (SSSR count). The van der Waals surface area contributed by atoms with Crippen molar-refractivity contribution in [2.24, 2.45) is 5.92 Å². The third-order valence-corrected chi connectivity index (χ3v) is 5.36. The molecule has 0 bridgehead atoms. The second-order valence-corrected chi connectivity index (χ2v) is 7.60. The summed E-state index contributed by atoms with van der Waals surface area (Å²) in [4.78, 5) is 26.4. The molecule has 28 heavy (non-hydrogen) atoms. The van der Waals surface area contributed by atoms with Gasteiger partial charge < -0.3 is 10.4 Å². The fourth-order valence-corrected chi connectivity index (χ4v) is 3.91. The summed E-state index contributed by atoms with van der Waals surface area (Å²) in [5.41, 5.74) is 2.90. The molecule has 2 aromatic rings. The van der Waals surface area contributed by atoms with Gasteiger partial charge in [-0.25, -0.2) is 0 Å². The van der Waals surface area contributed by atoms with Gasteiger partial charge in [0, 0.05) is 18.7 Å². The van der Waals surface area contributed by atoms with Gasteiger partial charge in [0.25, 0.3) is 0 Å². The zero-order valence-electron chi connectivity index (χ0n) is 16.3. The van der Waals surface area contributed by atoms with Crippen molar-refractivity contribution in [1.29, 1.82) is 0 Å². The van der Waals surface area contributed by atoms with Gasteiger partial charge in [-0.05, 0) is 56.3 Å². The number of nitrogens with zero attached hydrogens (tertiary/aromatic N) is 1. The van der Waals surface area contributed by atoms with Crippen LogP contribution in [0.3, 0.4) is 0 Å². The van der Waals surface area contributed by atoms with Crippen molar-refractivity contribution in [2.45, 2.75) is 38.6 Å². The summed E-state index contributed by atoms with van der Waals surface area (Å²) in [5.74, 6) is -0.494. The lowest BCUT2D eigenvalue weighted by atomic mass is 9.91. The van der Waals surface area contributed by atoms with E-state index in [1.54, 1.807) is 0 Å². The number of aryl methyl sites for hydroxylation is 1. The third-order valence-electron chi connectivity index (χ3n) is 5.36. The number of hydrogen-bond acceptors (Lipinski definition) is 3. The Morgan fingerprint density at radius 3 is 2.54 bits per heavy atom. The van der Waals surface area contributed by atoms with Gasteiger partial charge in [-0.15, -0.1) is 0 Å². The molecule has 1 amide bonds. The maximum absolute atomic E-state index is 13.2. The largest absolute Gasteiger partial charge is 0.481 e. The Labute approximate surface area is 166 Å². The van der Waals surface area contributed by atoms with Crippen LogP contribution in [-0.4, -0.2) is 35.0 Å². The summed E-state index contributed by atoms with van der Waals surface area (Å²) in [5, 5.41) is 12.0. The van der Waals surface area contributed by atoms with Crippen LogP contribution < -0.4 is 5.32 Å². The Morgan fingerprint density at radius 2 is 1.86 bits per heavy atom. The quantitative estimate of drug-likeness (QED) is 0.753. The topological polar surface area (TPSA) is 69.6 Å².